The molecule has 3 nitrogen and oxygen atoms in total. The second-order valence-electron chi connectivity index (χ2n) is 4.21. The molecule has 1 aromatic heterocycles. The van der Waals surface area contributed by atoms with E-state index >= 15 is 0 Å². The van der Waals surface area contributed by atoms with Crippen molar-refractivity contribution >= 4 is 0 Å². The summed E-state index contributed by atoms with van der Waals surface area (Å²) in [7, 11) is 0. The molecule has 0 aliphatic heterocycles. The average molecular weight is 245 g/mol. The highest BCUT2D eigenvalue weighted by atomic mass is 16.5. The maximum absolute atomic E-state index is 5.62. The molecule has 2 aromatic rings. The fraction of sp³-hybridized carbons (Fsp3) is 0.333. The molecule has 1 N–H and O–H groups in total. The summed E-state index contributed by atoms with van der Waals surface area (Å²) in [6.07, 6.45) is 2.67. The van der Waals surface area contributed by atoms with Crippen molar-refractivity contribution in [2.45, 2.75) is 19.4 Å². The minimum absolute atomic E-state index is 0.247. The van der Waals surface area contributed by atoms with Crippen molar-refractivity contribution in [2.24, 2.45) is 0 Å². The monoisotopic (exact) mass is 245 g/mol. The van der Waals surface area contributed by atoms with Gasteiger partial charge in [-0.3, -0.25) is 0 Å². The van der Waals surface area contributed by atoms with Crippen LogP contribution in [0.2, 0.25) is 0 Å². The molecule has 18 heavy (non-hydrogen) atoms. The molecule has 0 aliphatic carbocycles. The lowest BCUT2D eigenvalue weighted by atomic mass is 10.2. The van der Waals surface area contributed by atoms with Crippen LogP contribution in [0.5, 0.6) is 5.75 Å². The molecule has 1 atom stereocenters. The van der Waals surface area contributed by atoms with Gasteiger partial charge in [0.1, 0.15) is 11.5 Å². The summed E-state index contributed by atoms with van der Waals surface area (Å²) in [4.78, 5) is 0. The van der Waals surface area contributed by atoms with Gasteiger partial charge in [-0.05, 0) is 44.2 Å². The first-order chi connectivity index (χ1) is 8.86. The van der Waals surface area contributed by atoms with Gasteiger partial charge in [-0.1, -0.05) is 18.2 Å². The largest absolute Gasteiger partial charge is 0.494 e. The Balaban J connectivity index is 1.59. The van der Waals surface area contributed by atoms with Gasteiger partial charge in [0.25, 0.3) is 0 Å². The van der Waals surface area contributed by atoms with Gasteiger partial charge in [-0.15, -0.1) is 0 Å². The van der Waals surface area contributed by atoms with E-state index in [2.05, 4.69) is 12.2 Å². The lowest BCUT2D eigenvalue weighted by Gasteiger charge is -2.11. The van der Waals surface area contributed by atoms with Crippen LogP contribution in [-0.2, 0) is 0 Å². The van der Waals surface area contributed by atoms with Gasteiger partial charge < -0.3 is 14.5 Å². The van der Waals surface area contributed by atoms with Gasteiger partial charge in [0, 0.05) is 0 Å². The smallest absolute Gasteiger partial charge is 0.120 e. The first-order valence-corrected chi connectivity index (χ1v) is 6.31. The Morgan fingerprint density at radius 2 is 2.00 bits per heavy atom. The third-order valence-electron chi connectivity index (χ3n) is 2.75. The summed E-state index contributed by atoms with van der Waals surface area (Å²) in [5.74, 6) is 1.90. The molecule has 0 aliphatic rings. The minimum Gasteiger partial charge on any atom is -0.494 e. The van der Waals surface area contributed by atoms with E-state index in [1.165, 1.54) is 0 Å². The topological polar surface area (TPSA) is 34.4 Å². The van der Waals surface area contributed by atoms with E-state index in [9.17, 15) is 0 Å². The van der Waals surface area contributed by atoms with E-state index in [4.69, 9.17) is 9.15 Å². The van der Waals surface area contributed by atoms with E-state index in [1.54, 1.807) is 6.26 Å². The quantitative estimate of drug-likeness (QED) is 0.759. The molecule has 0 saturated carbocycles. The molecule has 0 spiro atoms. The van der Waals surface area contributed by atoms with Crippen LogP contribution in [0.4, 0.5) is 0 Å². The van der Waals surface area contributed by atoms with Crippen LogP contribution in [0.3, 0.4) is 0 Å². The molecule has 3 heteroatoms. The maximum Gasteiger partial charge on any atom is 0.120 e. The molecular formula is C15H19NO2. The van der Waals surface area contributed by atoms with E-state index in [1.807, 2.05) is 42.5 Å². The number of hydrogen-bond donors (Lipinski definition) is 1. The second-order valence-corrected chi connectivity index (χ2v) is 4.21. The van der Waals surface area contributed by atoms with Gasteiger partial charge in [-0.25, -0.2) is 0 Å². The number of benzene rings is 1. The van der Waals surface area contributed by atoms with Gasteiger partial charge in [0.2, 0.25) is 0 Å². The van der Waals surface area contributed by atoms with Crippen molar-refractivity contribution < 1.29 is 9.15 Å². The van der Waals surface area contributed by atoms with Gasteiger partial charge >= 0.3 is 0 Å². The summed E-state index contributed by atoms with van der Waals surface area (Å²) < 4.78 is 10.9. The van der Waals surface area contributed by atoms with Crippen LogP contribution in [0.25, 0.3) is 0 Å². The molecule has 2 rings (SSSR count). The first-order valence-electron chi connectivity index (χ1n) is 6.31. The standard InChI is InChI=1S/C15H19NO2/c1-13(15-9-5-11-18-15)16-10-6-12-17-14-7-3-2-4-8-14/h2-5,7-9,11,13,16H,6,10,12H2,1H3/t13-/m1/s1. The van der Waals surface area contributed by atoms with Crippen molar-refractivity contribution in [3.63, 3.8) is 0 Å². The Labute approximate surface area is 108 Å². The Morgan fingerprint density at radius 3 is 2.72 bits per heavy atom. The predicted molar refractivity (Wildman–Crippen MR) is 71.7 cm³/mol. The summed E-state index contributed by atoms with van der Waals surface area (Å²) in [5, 5.41) is 3.40. The molecule has 1 aromatic carbocycles. The summed E-state index contributed by atoms with van der Waals surface area (Å²) in [5.41, 5.74) is 0. The van der Waals surface area contributed by atoms with Crippen LogP contribution < -0.4 is 10.1 Å². The number of para-hydroxylation sites is 1. The zero-order chi connectivity index (χ0) is 12.6. The Bertz CT molecular complexity index is 425. The Morgan fingerprint density at radius 1 is 1.17 bits per heavy atom. The van der Waals surface area contributed by atoms with Crippen molar-refractivity contribution in [3.05, 3.63) is 54.5 Å². The second kappa shape index (κ2) is 6.87. The molecule has 0 bridgehead atoms. The third-order valence-corrected chi connectivity index (χ3v) is 2.75. The lowest BCUT2D eigenvalue weighted by molar-refractivity contribution is 0.303. The molecule has 0 unspecified atom stereocenters. The molecule has 0 fully saturated rings. The SMILES string of the molecule is C[C@@H](NCCCOc1ccccc1)c1ccco1. The van der Waals surface area contributed by atoms with Crippen molar-refractivity contribution in [3.8, 4) is 5.75 Å². The van der Waals surface area contributed by atoms with Gasteiger partial charge in [-0.2, -0.15) is 0 Å². The summed E-state index contributed by atoms with van der Waals surface area (Å²) >= 11 is 0. The van der Waals surface area contributed by atoms with Crippen LogP contribution in [0.15, 0.2) is 53.1 Å². The van der Waals surface area contributed by atoms with Gasteiger partial charge in [0.15, 0.2) is 0 Å². The zero-order valence-corrected chi connectivity index (χ0v) is 10.6. The number of furan rings is 1. The average Bonchev–Trinajstić information content (AvgIpc) is 2.93. The third kappa shape index (κ3) is 3.93. The van der Waals surface area contributed by atoms with E-state index in [-0.39, 0.29) is 6.04 Å². The number of nitrogens with one attached hydrogen (secondary N) is 1. The van der Waals surface area contributed by atoms with E-state index in [0.29, 0.717) is 0 Å². The molecule has 0 radical (unpaired) electrons. The lowest BCUT2D eigenvalue weighted by Crippen LogP contribution is -2.21. The van der Waals surface area contributed by atoms with Crippen molar-refractivity contribution in [1.82, 2.24) is 5.32 Å². The highest BCUT2D eigenvalue weighted by molar-refractivity contribution is 5.20. The molecule has 1 heterocycles. The Kier molecular flexibility index (Phi) is 4.85. The summed E-state index contributed by atoms with van der Waals surface area (Å²) in [6.45, 7) is 3.73. The first kappa shape index (κ1) is 12.7. The maximum atomic E-state index is 5.62. The predicted octanol–water partition coefficient (Wildman–Crippen LogP) is 3.40. The van der Waals surface area contributed by atoms with Crippen molar-refractivity contribution in [2.75, 3.05) is 13.2 Å². The fourth-order valence-corrected chi connectivity index (χ4v) is 1.74. The highest BCUT2D eigenvalue weighted by Crippen LogP contribution is 2.12. The van der Waals surface area contributed by atoms with Crippen LogP contribution >= 0.6 is 0 Å². The number of hydrogen-bond acceptors (Lipinski definition) is 3. The van der Waals surface area contributed by atoms with Crippen LogP contribution in [0, 0.1) is 0 Å². The molecule has 0 amide bonds. The fourth-order valence-electron chi connectivity index (χ4n) is 1.74. The van der Waals surface area contributed by atoms with Crippen molar-refractivity contribution in [1.29, 1.82) is 0 Å². The molecule has 96 valence electrons. The molecule has 0 saturated heterocycles. The van der Waals surface area contributed by atoms with Crippen LogP contribution in [-0.4, -0.2) is 13.2 Å². The normalized spacial score (nSPS) is 12.3. The van der Waals surface area contributed by atoms with E-state index < -0.39 is 0 Å². The molecular weight excluding hydrogens is 226 g/mol. The van der Waals surface area contributed by atoms with Crippen LogP contribution in [0.1, 0.15) is 25.1 Å². The van der Waals surface area contributed by atoms with E-state index in [0.717, 1.165) is 31.1 Å². The highest BCUT2D eigenvalue weighted by Gasteiger charge is 2.06. The zero-order valence-electron chi connectivity index (χ0n) is 10.6. The van der Waals surface area contributed by atoms with Gasteiger partial charge in [0.05, 0.1) is 18.9 Å². The summed E-state index contributed by atoms with van der Waals surface area (Å²) in [6, 6.07) is 14.0. The number of ether oxygens (including phenoxy) is 1. The Hall–Kier alpha value is -1.74. The minimum atomic E-state index is 0.247. The number of rotatable bonds is 7.